The van der Waals surface area contributed by atoms with Crippen molar-refractivity contribution < 1.29 is 4.79 Å². The summed E-state index contributed by atoms with van der Waals surface area (Å²) in [4.78, 5) is 19.8. The van der Waals surface area contributed by atoms with Crippen LogP contribution < -0.4 is 5.32 Å². The number of nitrogens with zero attached hydrogens (tertiary/aromatic N) is 2. The molecule has 2 rings (SSSR count). The van der Waals surface area contributed by atoms with E-state index in [0.717, 1.165) is 35.7 Å². The minimum Gasteiger partial charge on any atom is -0.339 e. The van der Waals surface area contributed by atoms with Crippen LogP contribution in [0.3, 0.4) is 0 Å². The summed E-state index contributed by atoms with van der Waals surface area (Å²) >= 11 is 1.66. The topological polar surface area (TPSA) is 45.2 Å². The molecule has 0 aromatic carbocycles. The molecule has 1 aliphatic rings. The van der Waals surface area contributed by atoms with E-state index < -0.39 is 0 Å². The largest absolute Gasteiger partial charge is 0.339 e. The Morgan fingerprint density at radius 1 is 1.67 bits per heavy atom. The average molecular weight is 267 g/mol. The van der Waals surface area contributed by atoms with Crippen LogP contribution in [0.2, 0.25) is 0 Å². The van der Waals surface area contributed by atoms with Gasteiger partial charge in [-0.1, -0.05) is 6.92 Å². The maximum atomic E-state index is 12.6. The summed E-state index contributed by atoms with van der Waals surface area (Å²) in [7, 11) is 1.88. The Balaban J connectivity index is 2.04. The lowest BCUT2D eigenvalue weighted by Crippen LogP contribution is -2.53. The Kier molecular flexibility index (Phi) is 4.02. The summed E-state index contributed by atoms with van der Waals surface area (Å²) in [5.41, 5.74) is -0.325. The maximum Gasteiger partial charge on any atom is 0.242 e. The fourth-order valence-electron chi connectivity index (χ4n) is 2.59. The van der Waals surface area contributed by atoms with Crippen LogP contribution in [0.5, 0.6) is 0 Å². The van der Waals surface area contributed by atoms with E-state index in [1.165, 1.54) is 0 Å². The monoisotopic (exact) mass is 267 g/mol. The van der Waals surface area contributed by atoms with Gasteiger partial charge in [0.2, 0.25) is 5.91 Å². The fourth-order valence-corrected chi connectivity index (χ4v) is 3.44. The van der Waals surface area contributed by atoms with E-state index in [0.29, 0.717) is 6.54 Å². The number of hydrogen-bond acceptors (Lipinski definition) is 4. The highest BCUT2D eigenvalue weighted by atomic mass is 32.1. The predicted molar refractivity (Wildman–Crippen MR) is 73.6 cm³/mol. The van der Waals surface area contributed by atoms with Crippen molar-refractivity contribution in [3.05, 3.63) is 16.1 Å². The molecule has 2 heterocycles. The average Bonchev–Trinajstić information content (AvgIpc) is 2.98. The molecule has 5 heteroatoms. The molecule has 0 spiro atoms. The van der Waals surface area contributed by atoms with Crippen molar-refractivity contribution in [3.63, 3.8) is 0 Å². The number of nitrogens with one attached hydrogen (secondary N) is 1. The van der Waals surface area contributed by atoms with E-state index in [4.69, 9.17) is 0 Å². The van der Waals surface area contributed by atoms with Gasteiger partial charge in [0.05, 0.1) is 17.1 Å². The van der Waals surface area contributed by atoms with Crippen molar-refractivity contribution in [2.45, 2.75) is 45.2 Å². The molecule has 0 aliphatic carbocycles. The molecular formula is C13H21N3OS. The molecule has 1 aromatic heterocycles. The lowest BCUT2D eigenvalue weighted by atomic mass is 9.92. The number of hydrogen-bond donors (Lipinski definition) is 1. The Hall–Kier alpha value is -0.940. The third kappa shape index (κ3) is 2.57. The van der Waals surface area contributed by atoms with Crippen molar-refractivity contribution in [2.24, 2.45) is 0 Å². The molecule has 0 bridgehead atoms. The summed E-state index contributed by atoms with van der Waals surface area (Å²) in [5.74, 6) is 0.216. The van der Waals surface area contributed by atoms with Crippen LogP contribution in [0.4, 0.5) is 0 Å². The molecule has 1 saturated heterocycles. The van der Waals surface area contributed by atoms with Crippen LogP contribution in [0.25, 0.3) is 0 Å². The summed E-state index contributed by atoms with van der Waals surface area (Å²) in [6.07, 6.45) is 4.77. The summed E-state index contributed by atoms with van der Waals surface area (Å²) in [5, 5.41) is 4.44. The van der Waals surface area contributed by atoms with Gasteiger partial charge in [0.15, 0.2) is 0 Å². The second-order valence-corrected chi connectivity index (χ2v) is 6.29. The van der Waals surface area contributed by atoms with Crippen molar-refractivity contribution in [2.75, 3.05) is 13.6 Å². The maximum absolute atomic E-state index is 12.6. The van der Waals surface area contributed by atoms with Gasteiger partial charge in [-0.25, -0.2) is 4.98 Å². The quantitative estimate of drug-likeness (QED) is 0.907. The number of rotatable bonds is 4. The van der Waals surface area contributed by atoms with Crippen LogP contribution in [0, 0.1) is 6.92 Å². The van der Waals surface area contributed by atoms with Gasteiger partial charge in [-0.15, -0.1) is 11.3 Å². The van der Waals surface area contributed by atoms with Gasteiger partial charge in [-0.2, -0.15) is 0 Å². The zero-order valence-electron chi connectivity index (χ0n) is 11.3. The zero-order valence-corrected chi connectivity index (χ0v) is 12.1. The molecule has 1 aromatic rings. The van der Waals surface area contributed by atoms with Crippen LogP contribution in [-0.4, -0.2) is 34.9 Å². The Labute approximate surface area is 112 Å². The first-order chi connectivity index (χ1) is 8.57. The van der Waals surface area contributed by atoms with Crippen LogP contribution >= 0.6 is 11.3 Å². The summed E-state index contributed by atoms with van der Waals surface area (Å²) in [6, 6.07) is 0. The third-order valence-corrected chi connectivity index (χ3v) is 4.56. The second kappa shape index (κ2) is 5.36. The molecule has 4 nitrogen and oxygen atoms in total. The zero-order chi connectivity index (χ0) is 13.2. The minimum absolute atomic E-state index is 0.216. The number of carbonyl (C=O) groups excluding carboxylic acids is 1. The van der Waals surface area contributed by atoms with Gasteiger partial charge in [-0.3, -0.25) is 4.79 Å². The molecule has 1 aliphatic heterocycles. The number of amides is 1. The number of likely N-dealkylation sites (N-methyl/N-ethyl adjacent to an activating group) is 1. The van der Waals surface area contributed by atoms with E-state index in [-0.39, 0.29) is 11.4 Å². The normalized spacial score (nSPS) is 23.3. The Morgan fingerprint density at radius 2 is 2.44 bits per heavy atom. The number of carbonyl (C=O) groups is 1. The second-order valence-electron chi connectivity index (χ2n) is 4.97. The first-order valence-electron chi connectivity index (χ1n) is 6.49. The Bertz CT molecular complexity index is 424. The predicted octanol–water partition coefficient (Wildman–Crippen LogP) is 1.94. The molecule has 0 radical (unpaired) electrons. The molecule has 0 saturated carbocycles. The van der Waals surface area contributed by atoms with Crippen LogP contribution in [0.15, 0.2) is 6.20 Å². The van der Waals surface area contributed by atoms with Gasteiger partial charge in [-0.05, 0) is 32.7 Å². The summed E-state index contributed by atoms with van der Waals surface area (Å²) in [6.45, 7) is 5.68. The first kappa shape index (κ1) is 13.5. The van der Waals surface area contributed by atoms with Crippen LogP contribution in [-0.2, 0) is 11.3 Å². The fraction of sp³-hybridized carbons (Fsp3) is 0.692. The number of aromatic nitrogens is 1. The van der Waals surface area contributed by atoms with Crippen LogP contribution in [0.1, 0.15) is 36.1 Å². The number of aryl methyl sites for hydroxylation is 1. The highest BCUT2D eigenvalue weighted by Crippen LogP contribution is 2.26. The van der Waals surface area contributed by atoms with Gasteiger partial charge in [0, 0.05) is 18.1 Å². The van der Waals surface area contributed by atoms with Gasteiger partial charge < -0.3 is 10.2 Å². The standard InChI is InChI=1S/C13H21N3OS/c1-4-13(6-5-7-15-13)12(17)16(3)9-11-8-14-10(2)18-11/h8,15H,4-7,9H2,1-3H3. The number of thiazole rings is 1. The first-order valence-corrected chi connectivity index (χ1v) is 7.31. The van der Waals surface area contributed by atoms with E-state index >= 15 is 0 Å². The SMILES string of the molecule is CCC1(C(=O)N(C)Cc2cnc(C)s2)CCCN1. The molecule has 1 amide bonds. The van der Waals surface area contributed by atoms with Crippen molar-refractivity contribution >= 4 is 17.2 Å². The molecule has 1 atom stereocenters. The van der Waals surface area contributed by atoms with Gasteiger partial charge >= 0.3 is 0 Å². The van der Waals surface area contributed by atoms with Crippen molar-refractivity contribution in [3.8, 4) is 0 Å². The highest BCUT2D eigenvalue weighted by molar-refractivity contribution is 7.11. The lowest BCUT2D eigenvalue weighted by molar-refractivity contribution is -0.137. The van der Waals surface area contributed by atoms with Crippen molar-refractivity contribution in [1.82, 2.24) is 15.2 Å². The summed E-state index contributed by atoms with van der Waals surface area (Å²) < 4.78 is 0. The van der Waals surface area contributed by atoms with E-state index in [9.17, 15) is 4.79 Å². The van der Waals surface area contributed by atoms with Gasteiger partial charge in [0.1, 0.15) is 0 Å². The van der Waals surface area contributed by atoms with E-state index in [1.54, 1.807) is 11.3 Å². The van der Waals surface area contributed by atoms with E-state index in [1.807, 2.05) is 25.1 Å². The molecular weight excluding hydrogens is 246 g/mol. The molecule has 1 unspecified atom stereocenters. The van der Waals surface area contributed by atoms with Crippen molar-refractivity contribution in [1.29, 1.82) is 0 Å². The smallest absolute Gasteiger partial charge is 0.242 e. The lowest BCUT2D eigenvalue weighted by Gasteiger charge is -2.31. The minimum atomic E-state index is -0.325. The van der Waals surface area contributed by atoms with Gasteiger partial charge in [0.25, 0.3) is 0 Å². The van der Waals surface area contributed by atoms with E-state index in [2.05, 4.69) is 17.2 Å². The molecule has 18 heavy (non-hydrogen) atoms. The molecule has 1 fully saturated rings. The molecule has 1 N–H and O–H groups in total. The highest BCUT2D eigenvalue weighted by Gasteiger charge is 2.40. The molecule has 100 valence electrons. The Morgan fingerprint density at radius 3 is 2.94 bits per heavy atom. The third-order valence-electron chi connectivity index (χ3n) is 3.67.